The quantitative estimate of drug-likeness (QED) is 0.383. The number of rotatable bonds is 4. The molecule has 0 aliphatic rings. The van der Waals surface area contributed by atoms with Crippen LogP contribution in [0.15, 0.2) is 57.9 Å². The summed E-state index contributed by atoms with van der Waals surface area (Å²) in [6.07, 6.45) is 0.846. The number of hydrogen-bond donors (Lipinski definition) is 0. The zero-order valence-corrected chi connectivity index (χ0v) is 15.1. The van der Waals surface area contributed by atoms with Crippen LogP contribution in [0.5, 0.6) is 0 Å². The molecule has 0 radical (unpaired) electrons. The molecule has 0 fully saturated rings. The van der Waals surface area contributed by atoms with Gasteiger partial charge in [-0.1, -0.05) is 41.9 Å². The third kappa shape index (κ3) is 3.36. The zero-order chi connectivity index (χ0) is 15.5. The minimum Gasteiger partial charge on any atom is -0.461 e. The number of halogens is 2. The Labute approximate surface area is 148 Å². The van der Waals surface area contributed by atoms with Gasteiger partial charge in [0.1, 0.15) is 15.1 Å². The van der Waals surface area contributed by atoms with Crippen LogP contribution in [0.4, 0.5) is 0 Å². The minimum absolute atomic E-state index is 0.731. The van der Waals surface area contributed by atoms with E-state index in [1.807, 2.05) is 43.3 Å². The second-order valence-corrected chi connectivity index (χ2v) is 6.52. The molecular formula is C18H15ClINO. The monoisotopic (exact) mass is 423 g/mol. The van der Waals surface area contributed by atoms with Crippen molar-refractivity contribution in [3.8, 4) is 0 Å². The molecule has 2 aromatic carbocycles. The lowest BCUT2D eigenvalue weighted by Gasteiger charge is -2.00. The van der Waals surface area contributed by atoms with Crippen molar-refractivity contribution in [2.24, 2.45) is 4.99 Å². The molecule has 0 amide bonds. The molecule has 0 bridgehead atoms. The van der Waals surface area contributed by atoms with Crippen molar-refractivity contribution in [2.75, 3.05) is 6.54 Å². The van der Waals surface area contributed by atoms with Crippen LogP contribution in [-0.4, -0.2) is 10.3 Å². The molecule has 0 saturated carbocycles. The molecule has 1 aromatic heterocycles. The van der Waals surface area contributed by atoms with E-state index in [0.29, 0.717) is 0 Å². The molecule has 2 nitrogen and oxygen atoms in total. The summed E-state index contributed by atoms with van der Waals surface area (Å²) in [5.41, 5.74) is 3.23. The number of nitrogens with zero attached hydrogens (tertiary/aromatic N) is 1. The van der Waals surface area contributed by atoms with E-state index in [2.05, 4.69) is 39.7 Å². The minimum atomic E-state index is 0.731. The number of benzene rings is 2. The fraction of sp³-hybridized carbons (Fsp3) is 0.167. The fourth-order valence-electron chi connectivity index (χ4n) is 2.49. The maximum absolute atomic E-state index is 6.09. The van der Waals surface area contributed by atoms with Gasteiger partial charge in [-0.2, -0.15) is 0 Å². The lowest BCUT2D eigenvalue weighted by Crippen LogP contribution is -1.96. The topological polar surface area (TPSA) is 25.5 Å². The molecule has 0 spiro atoms. The predicted molar refractivity (Wildman–Crippen MR) is 102 cm³/mol. The largest absolute Gasteiger partial charge is 0.461 e. The van der Waals surface area contributed by atoms with Crippen molar-refractivity contribution in [3.63, 3.8) is 0 Å². The molecule has 0 aliphatic heterocycles. The molecule has 3 rings (SSSR count). The summed E-state index contributed by atoms with van der Waals surface area (Å²) >= 11 is 8.38. The van der Waals surface area contributed by atoms with E-state index >= 15 is 0 Å². The van der Waals surface area contributed by atoms with Crippen molar-refractivity contribution in [1.82, 2.24) is 0 Å². The van der Waals surface area contributed by atoms with Gasteiger partial charge in [0.25, 0.3) is 0 Å². The lowest BCUT2D eigenvalue weighted by molar-refractivity contribution is 0.572. The van der Waals surface area contributed by atoms with E-state index in [9.17, 15) is 0 Å². The van der Waals surface area contributed by atoms with Gasteiger partial charge in [-0.15, -0.1) is 0 Å². The van der Waals surface area contributed by atoms with Crippen molar-refractivity contribution < 1.29 is 4.42 Å². The van der Waals surface area contributed by atoms with Crippen LogP contribution in [0, 0.1) is 6.92 Å². The van der Waals surface area contributed by atoms with Gasteiger partial charge in [-0.05, 0) is 54.1 Å². The SMILES string of the molecule is Cc1oc2ccc(Cl)cc2c1CCN=C(I)c1ccccc1. The van der Waals surface area contributed by atoms with Crippen LogP contribution >= 0.6 is 34.2 Å². The summed E-state index contributed by atoms with van der Waals surface area (Å²) in [6.45, 7) is 2.73. The summed E-state index contributed by atoms with van der Waals surface area (Å²) in [4.78, 5) is 4.67. The van der Waals surface area contributed by atoms with Crippen LogP contribution < -0.4 is 0 Å². The van der Waals surface area contributed by atoms with Crippen LogP contribution in [-0.2, 0) is 6.42 Å². The first kappa shape index (κ1) is 15.6. The highest BCUT2D eigenvalue weighted by atomic mass is 127. The summed E-state index contributed by atoms with van der Waals surface area (Å²) in [7, 11) is 0. The van der Waals surface area contributed by atoms with Gasteiger partial charge >= 0.3 is 0 Å². The van der Waals surface area contributed by atoms with Crippen molar-refractivity contribution in [2.45, 2.75) is 13.3 Å². The Balaban J connectivity index is 1.80. The first-order valence-corrected chi connectivity index (χ1v) is 8.54. The number of aliphatic imine (C=N–C) groups is 1. The molecule has 22 heavy (non-hydrogen) atoms. The average Bonchev–Trinajstić information content (AvgIpc) is 2.83. The molecule has 112 valence electrons. The van der Waals surface area contributed by atoms with E-state index in [4.69, 9.17) is 16.0 Å². The molecule has 0 aliphatic carbocycles. The van der Waals surface area contributed by atoms with E-state index in [1.165, 1.54) is 5.56 Å². The molecule has 0 unspecified atom stereocenters. The third-order valence-electron chi connectivity index (χ3n) is 3.58. The Hall–Kier alpha value is -1.33. The van der Waals surface area contributed by atoms with Gasteiger partial charge in [-0.25, -0.2) is 0 Å². The molecule has 0 N–H and O–H groups in total. The van der Waals surface area contributed by atoms with Crippen molar-refractivity contribution >= 4 is 48.9 Å². The van der Waals surface area contributed by atoms with Gasteiger partial charge in [0.15, 0.2) is 0 Å². The van der Waals surface area contributed by atoms with Gasteiger partial charge < -0.3 is 4.42 Å². The van der Waals surface area contributed by atoms with Crippen LogP contribution in [0.2, 0.25) is 5.02 Å². The van der Waals surface area contributed by atoms with Crippen molar-refractivity contribution in [1.29, 1.82) is 0 Å². The first-order chi connectivity index (χ1) is 10.6. The highest BCUT2D eigenvalue weighted by Crippen LogP contribution is 2.28. The highest BCUT2D eigenvalue weighted by Gasteiger charge is 2.11. The van der Waals surface area contributed by atoms with E-state index in [-0.39, 0.29) is 0 Å². The Bertz CT molecular complexity index is 824. The first-order valence-electron chi connectivity index (χ1n) is 7.08. The van der Waals surface area contributed by atoms with Crippen LogP contribution in [0.1, 0.15) is 16.9 Å². The molecule has 3 aromatic rings. The second-order valence-electron chi connectivity index (χ2n) is 5.07. The maximum Gasteiger partial charge on any atom is 0.134 e. The second kappa shape index (κ2) is 6.84. The normalized spacial score (nSPS) is 12.0. The zero-order valence-electron chi connectivity index (χ0n) is 12.1. The van der Waals surface area contributed by atoms with Crippen LogP contribution in [0.25, 0.3) is 11.0 Å². The summed E-state index contributed by atoms with van der Waals surface area (Å²) in [5, 5.41) is 1.83. The van der Waals surface area contributed by atoms with Crippen LogP contribution in [0.3, 0.4) is 0 Å². The number of furan rings is 1. The van der Waals surface area contributed by atoms with Crippen molar-refractivity contribution in [3.05, 3.63) is 70.4 Å². The summed E-state index contributed by atoms with van der Waals surface area (Å²) in [6, 6.07) is 16.0. The Morgan fingerprint density at radius 2 is 1.95 bits per heavy atom. The fourth-order valence-corrected chi connectivity index (χ4v) is 3.26. The standard InChI is InChI=1S/C18H15ClINO/c1-12-15(16-11-14(19)7-8-17(16)22-12)9-10-21-18(20)13-5-3-2-4-6-13/h2-8,11H,9-10H2,1H3. The third-order valence-corrected chi connectivity index (χ3v) is 4.78. The lowest BCUT2D eigenvalue weighted by atomic mass is 10.1. The van der Waals surface area contributed by atoms with E-state index in [1.54, 1.807) is 0 Å². The highest BCUT2D eigenvalue weighted by molar-refractivity contribution is 14.1. The Kier molecular flexibility index (Phi) is 4.84. The smallest absolute Gasteiger partial charge is 0.134 e. The summed E-state index contributed by atoms with van der Waals surface area (Å²) < 4.78 is 6.82. The maximum atomic E-state index is 6.09. The molecule has 4 heteroatoms. The van der Waals surface area contributed by atoms with E-state index in [0.717, 1.165) is 44.0 Å². The number of fused-ring (bicyclic) bond motifs is 1. The van der Waals surface area contributed by atoms with Gasteiger partial charge in [0.05, 0.1) is 0 Å². The van der Waals surface area contributed by atoms with Gasteiger partial charge in [0, 0.05) is 28.1 Å². The molecular weight excluding hydrogens is 409 g/mol. The Morgan fingerprint density at radius 1 is 1.18 bits per heavy atom. The average molecular weight is 424 g/mol. The Morgan fingerprint density at radius 3 is 2.73 bits per heavy atom. The number of aryl methyl sites for hydroxylation is 1. The summed E-state index contributed by atoms with van der Waals surface area (Å²) in [5.74, 6) is 0.946. The predicted octanol–water partition coefficient (Wildman–Crippen LogP) is 5.82. The number of hydrogen-bond acceptors (Lipinski definition) is 2. The van der Waals surface area contributed by atoms with Gasteiger partial charge in [-0.3, -0.25) is 4.99 Å². The van der Waals surface area contributed by atoms with E-state index < -0.39 is 0 Å². The van der Waals surface area contributed by atoms with Gasteiger partial charge in [0.2, 0.25) is 0 Å². The molecule has 0 saturated heterocycles. The molecule has 0 atom stereocenters. The molecule has 1 heterocycles.